The Labute approximate surface area is 103 Å². The molecule has 1 N–H and O–H groups in total. The van der Waals surface area contributed by atoms with Gasteiger partial charge in [0.25, 0.3) is 0 Å². The van der Waals surface area contributed by atoms with E-state index < -0.39 is 0 Å². The average Bonchev–Trinajstić information content (AvgIpc) is 2.28. The molecular weight excluding hydrogens is 206 g/mol. The van der Waals surface area contributed by atoms with Gasteiger partial charge in [0.15, 0.2) is 0 Å². The van der Waals surface area contributed by atoms with Crippen molar-refractivity contribution in [2.75, 3.05) is 5.32 Å². The molecule has 0 aromatic heterocycles. The van der Waals surface area contributed by atoms with Crippen LogP contribution in [-0.2, 0) is 6.54 Å². The number of anilines is 1. The molecule has 0 atom stereocenters. The Balaban J connectivity index is 2.07. The Bertz CT molecular complexity index is 515. The number of hydrogen-bond acceptors (Lipinski definition) is 1. The molecule has 0 aliphatic rings. The molecule has 0 fully saturated rings. The van der Waals surface area contributed by atoms with Gasteiger partial charge in [-0.15, -0.1) is 0 Å². The van der Waals surface area contributed by atoms with E-state index in [9.17, 15) is 0 Å². The van der Waals surface area contributed by atoms with E-state index in [2.05, 4.69) is 68.6 Å². The monoisotopic (exact) mass is 225 g/mol. The van der Waals surface area contributed by atoms with Crippen LogP contribution in [0.25, 0.3) is 0 Å². The highest BCUT2D eigenvalue weighted by atomic mass is 14.9. The van der Waals surface area contributed by atoms with Gasteiger partial charge in [-0.25, -0.2) is 0 Å². The van der Waals surface area contributed by atoms with Crippen LogP contribution >= 0.6 is 0 Å². The predicted molar refractivity (Wildman–Crippen MR) is 74.4 cm³/mol. The van der Waals surface area contributed by atoms with Gasteiger partial charge in [0.05, 0.1) is 0 Å². The van der Waals surface area contributed by atoms with Gasteiger partial charge in [-0.05, 0) is 38.0 Å². The van der Waals surface area contributed by atoms with Crippen LogP contribution in [0.5, 0.6) is 0 Å². The molecular formula is C16H19N. The maximum absolute atomic E-state index is 3.48. The first-order chi connectivity index (χ1) is 8.15. The van der Waals surface area contributed by atoms with Crippen LogP contribution in [0.3, 0.4) is 0 Å². The first kappa shape index (κ1) is 11.7. The second-order valence-corrected chi connectivity index (χ2v) is 4.66. The highest BCUT2D eigenvalue weighted by molar-refractivity contribution is 5.52. The van der Waals surface area contributed by atoms with E-state index in [1.54, 1.807) is 0 Å². The molecule has 0 radical (unpaired) electrons. The molecule has 1 heteroatoms. The van der Waals surface area contributed by atoms with Gasteiger partial charge in [-0.3, -0.25) is 0 Å². The molecule has 0 saturated heterocycles. The van der Waals surface area contributed by atoms with E-state index >= 15 is 0 Å². The molecule has 0 heterocycles. The zero-order chi connectivity index (χ0) is 12.3. The van der Waals surface area contributed by atoms with Crippen LogP contribution in [0.4, 0.5) is 5.69 Å². The van der Waals surface area contributed by atoms with Gasteiger partial charge in [0.1, 0.15) is 0 Å². The van der Waals surface area contributed by atoms with Crippen molar-refractivity contribution in [2.45, 2.75) is 27.3 Å². The average molecular weight is 225 g/mol. The Morgan fingerprint density at radius 3 is 2.35 bits per heavy atom. The van der Waals surface area contributed by atoms with Crippen LogP contribution in [-0.4, -0.2) is 0 Å². The van der Waals surface area contributed by atoms with E-state index in [4.69, 9.17) is 0 Å². The number of hydrogen-bond donors (Lipinski definition) is 1. The van der Waals surface area contributed by atoms with Gasteiger partial charge in [0.2, 0.25) is 0 Å². The maximum atomic E-state index is 3.48. The first-order valence-corrected chi connectivity index (χ1v) is 6.02. The summed E-state index contributed by atoms with van der Waals surface area (Å²) in [5.74, 6) is 0. The summed E-state index contributed by atoms with van der Waals surface area (Å²) >= 11 is 0. The van der Waals surface area contributed by atoms with Gasteiger partial charge in [0, 0.05) is 12.2 Å². The van der Waals surface area contributed by atoms with Crippen molar-refractivity contribution in [2.24, 2.45) is 0 Å². The van der Waals surface area contributed by atoms with E-state index in [1.165, 1.54) is 27.9 Å². The molecule has 0 aliphatic heterocycles. The van der Waals surface area contributed by atoms with Crippen LogP contribution in [0.15, 0.2) is 42.5 Å². The highest BCUT2D eigenvalue weighted by Gasteiger charge is 1.98. The quantitative estimate of drug-likeness (QED) is 0.824. The predicted octanol–water partition coefficient (Wildman–Crippen LogP) is 4.22. The highest BCUT2D eigenvalue weighted by Crippen LogP contribution is 2.17. The lowest BCUT2D eigenvalue weighted by Gasteiger charge is -2.10. The summed E-state index contributed by atoms with van der Waals surface area (Å²) < 4.78 is 0. The minimum Gasteiger partial charge on any atom is -0.381 e. The van der Waals surface area contributed by atoms with Gasteiger partial charge in [-0.2, -0.15) is 0 Å². The van der Waals surface area contributed by atoms with Crippen molar-refractivity contribution >= 4 is 5.69 Å². The van der Waals surface area contributed by atoms with Crippen LogP contribution in [0.2, 0.25) is 0 Å². The maximum Gasteiger partial charge on any atom is 0.0400 e. The van der Waals surface area contributed by atoms with Crippen LogP contribution in [0, 0.1) is 20.8 Å². The van der Waals surface area contributed by atoms with Crippen LogP contribution in [0.1, 0.15) is 22.3 Å². The van der Waals surface area contributed by atoms with Crippen molar-refractivity contribution < 1.29 is 0 Å². The van der Waals surface area contributed by atoms with E-state index in [-0.39, 0.29) is 0 Å². The standard InChI is InChI=1S/C16H19N/c1-12-5-4-6-15(10-12)11-17-16-8-7-13(2)9-14(16)3/h4-10,17H,11H2,1-3H3. The van der Waals surface area contributed by atoms with E-state index in [0.717, 1.165) is 6.54 Å². The molecule has 0 bridgehead atoms. The molecule has 2 rings (SSSR count). The summed E-state index contributed by atoms with van der Waals surface area (Å²) in [6.45, 7) is 7.27. The van der Waals surface area contributed by atoms with Gasteiger partial charge < -0.3 is 5.32 Å². The topological polar surface area (TPSA) is 12.0 Å². The third-order valence-electron chi connectivity index (χ3n) is 2.95. The fraction of sp³-hybridized carbons (Fsp3) is 0.250. The van der Waals surface area contributed by atoms with Crippen molar-refractivity contribution in [3.05, 3.63) is 64.7 Å². The van der Waals surface area contributed by atoms with Crippen molar-refractivity contribution in [3.8, 4) is 0 Å². The molecule has 1 nitrogen and oxygen atoms in total. The summed E-state index contributed by atoms with van der Waals surface area (Å²) in [4.78, 5) is 0. The molecule has 17 heavy (non-hydrogen) atoms. The lowest BCUT2D eigenvalue weighted by molar-refractivity contribution is 1.13. The first-order valence-electron chi connectivity index (χ1n) is 6.02. The van der Waals surface area contributed by atoms with Crippen molar-refractivity contribution in [3.63, 3.8) is 0 Å². The SMILES string of the molecule is Cc1cccc(CNc2ccc(C)cc2C)c1. The lowest BCUT2D eigenvalue weighted by Crippen LogP contribution is -2.01. The fourth-order valence-electron chi connectivity index (χ4n) is 2.03. The smallest absolute Gasteiger partial charge is 0.0400 e. The van der Waals surface area contributed by atoms with Gasteiger partial charge >= 0.3 is 0 Å². The molecule has 2 aromatic rings. The Morgan fingerprint density at radius 2 is 1.65 bits per heavy atom. The minimum absolute atomic E-state index is 0.881. The Kier molecular flexibility index (Phi) is 3.48. The largest absolute Gasteiger partial charge is 0.381 e. The van der Waals surface area contributed by atoms with Crippen molar-refractivity contribution in [1.29, 1.82) is 0 Å². The Hall–Kier alpha value is -1.76. The van der Waals surface area contributed by atoms with E-state index in [1.807, 2.05) is 0 Å². The number of rotatable bonds is 3. The third kappa shape index (κ3) is 3.10. The van der Waals surface area contributed by atoms with Crippen molar-refractivity contribution in [1.82, 2.24) is 0 Å². The summed E-state index contributed by atoms with van der Waals surface area (Å²) in [6.07, 6.45) is 0. The second-order valence-electron chi connectivity index (χ2n) is 4.66. The second kappa shape index (κ2) is 5.05. The zero-order valence-electron chi connectivity index (χ0n) is 10.7. The number of nitrogens with one attached hydrogen (secondary N) is 1. The minimum atomic E-state index is 0.881. The molecule has 0 spiro atoms. The Morgan fingerprint density at radius 1 is 0.882 bits per heavy atom. The van der Waals surface area contributed by atoms with Gasteiger partial charge in [-0.1, -0.05) is 47.5 Å². The number of benzene rings is 2. The lowest BCUT2D eigenvalue weighted by atomic mass is 10.1. The molecule has 2 aromatic carbocycles. The number of aryl methyl sites for hydroxylation is 3. The zero-order valence-corrected chi connectivity index (χ0v) is 10.7. The molecule has 0 saturated carbocycles. The fourth-order valence-corrected chi connectivity index (χ4v) is 2.03. The summed E-state index contributed by atoms with van der Waals surface area (Å²) in [5, 5.41) is 3.48. The summed E-state index contributed by atoms with van der Waals surface area (Å²) in [5.41, 5.74) is 6.47. The van der Waals surface area contributed by atoms with Crippen LogP contribution < -0.4 is 5.32 Å². The molecule has 0 unspecified atom stereocenters. The third-order valence-corrected chi connectivity index (χ3v) is 2.95. The molecule has 88 valence electrons. The molecule has 0 amide bonds. The normalized spacial score (nSPS) is 10.3. The van der Waals surface area contributed by atoms with E-state index in [0.29, 0.717) is 0 Å². The summed E-state index contributed by atoms with van der Waals surface area (Å²) in [6, 6.07) is 15.1. The molecule has 0 aliphatic carbocycles. The summed E-state index contributed by atoms with van der Waals surface area (Å²) in [7, 11) is 0.